The Morgan fingerprint density at radius 1 is 1.53 bits per heavy atom. The van der Waals surface area contributed by atoms with E-state index in [0.29, 0.717) is 5.56 Å². The second-order valence-corrected chi connectivity index (χ2v) is 4.81. The van der Waals surface area contributed by atoms with E-state index in [2.05, 4.69) is 10.6 Å². The molecule has 0 spiro atoms. The molecule has 5 heteroatoms. The number of carbonyl (C=O) groups is 1. The maximum Gasteiger partial charge on any atom is 0.251 e. The Morgan fingerprint density at radius 2 is 2.32 bits per heavy atom. The number of nitrogens with one attached hydrogen (secondary N) is 2. The molecule has 2 unspecified atom stereocenters. The molecule has 104 valence electrons. The number of halogens is 1. The second kappa shape index (κ2) is 6.02. The quantitative estimate of drug-likeness (QED) is 0.875. The molecule has 1 aliphatic heterocycles. The van der Waals surface area contributed by atoms with Crippen LogP contribution < -0.4 is 15.4 Å². The van der Waals surface area contributed by atoms with Crippen molar-refractivity contribution in [1.82, 2.24) is 10.6 Å². The van der Waals surface area contributed by atoms with Gasteiger partial charge in [0, 0.05) is 17.6 Å². The van der Waals surface area contributed by atoms with Crippen molar-refractivity contribution in [2.45, 2.75) is 31.8 Å². The van der Waals surface area contributed by atoms with Crippen LogP contribution in [0.4, 0.5) is 4.39 Å². The third-order valence-corrected chi connectivity index (χ3v) is 3.49. The zero-order valence-electron chi connectivity index (χ0n) is 11.2. The van der Waals surface area contributed by atoms with Gasteiger partial charge in [-0.2, -0.15) is 0 Å². The van der Waals surface area contributed by atoms with E-state index in [-0.39, 0.29) is 23.7 Å². The van der Waals surface area contributed by atoms with Crippen molar-refractivity contribution in [2.24, 2.45) is 0 Å². The van der Waals surface area contributed by atoms with Gasteiger partial charge >= 0.3 is 0 Å². The van der Waals surface area contributed by atoms with E-state index in [9.17, 15) is 9.18 Å². The number of hydrogen-bond acceptors (Lipinski definition) is 3. The Labute approximate surface area is 112 Å². The average Bonchev–Trinajstić information content (AvgIpc) is 2.41. The largest absolute Gasteiger partial charge is 0.494 e. The summed E-state index contributed by atoms with van der Waals surface area (Å²) < 4.78 is 18.4. The van der Waals surface area contributed by atoms with Gasteiger partial charge in [-0.05, 0) is 44.5 Å². The number of amides is 1. The van der Waals surface area contributed by atoms with Gasteiger partial charge in [0.25, 0.3) is 5.91 Å². The normalized spacial score (nSPS) is 22.9. The fourth-order valence-electron chi connectivity index (χ4n) is 2.30. The molecule has 19 heavy (non-hydrogen) atoms. The Balaban J connectivity index is 2.05. The zero-order valence-corrected chi connectivity index (χ0v) is 11.2. The maximum absolute atomic E-state index is 13.5. The number of piperidine rings is 1. The third kappa shape index (κ3) is 3.23. The van der Waals surface area contributed by atoms with E-state index >= 15 is 0 Å². The first kappa shape index (κ1) is 13.8. The monoisotopic (exact) mass is 266 g/mol. The molecule has 4 nitrogen and oxygen atoms in total. The van der Waals surface area contributed by atoms with Crippen LogP contribution in [0.25, 0.3) is 0 Å². The fraction of sp³-hybridized carbons (Fsp3) is 0.500. The second-order valence-electron chi connectivity index (χ2n) is 4.81. The van der Waals surface area contributed by atoms with Crippen molar-refractivity contribution in [1.29, 1.82) is 0 Å². The standard InChI is InChI=1S/C14H19FN2O2/c1-9-12(4-3-7-16-9)17-14(18)10-5-6-13(19-2)11(15)8-10/h5-6,8-9,12,16H,3-4,7H2,1-2H3,(H,17,18). The van der Waals surface area contributed by atoms with Crippen molar-refractivity contribution in [2.75, 3.05) is 13.7 Å². The number of ether oxygens (including phenoxy) is 1. The molecule has 0 saturated carbocycles. The third-order valence-electron chi connectivity index (χ3n) is 3.49. The minimum Gasteiger partial charge on any atom is -0.494 e. The predicted octanol–water partition coefficient (Wildman–Crippen LogP) is 1.70. The van der Waals surface area contributed by atoms with Crippen LogP contribution in [0.1, 0.15) is 30.1 Å². The smallest absolute Gasteiger partial charge is 0.251 e. The van der Waals surface area contributed by atoms with Gasteiger partial charge in [0.1, 0.15) is 0 Å². The molecule has 0 aliphatic carbocycles. The number of benzene rings is 1. The lowest BCUT2D eigenvalue weighted by Gasteiger charge is -2.30. The summed E-state index contributed by atoms with van der Waals surface area (Å²) in [7, 11) is 1.40. The number of hydrogen-bond donors (Lipinski definition) is 2. The Kier molecular flexibility index (Phi) is 4.37. The molecular weight excluding hydrogens is 247 g/mol. The van der Waals surface area contributed by atoms with Gasteiger partial charge in [-0.25, -0.2) is 4.39 Å². The van der Waals surface area contributed by atoms with Gasteiger partial charge in [-0.15, -0.1) is 0 Å². The number of rotatable bonds is 3. The van der Waals surface area contributed by atoms with Crippen molar-refractivity contribution >= 4 is 5.91 Å². The Bertz CT molecular complexity index is 465. The molecule has 1 aromatic carbocycles. The van der Waals surface area contributed by atoms with Crippen molar-refractivity contribution < 1.29 is 13.9 Å². The molecule has 2 N–H and O–H groups in total. The SMILES string of the molecule is COc1ccc(C(=O)NC2CCCNC2C)cc1F. The molecule has 0 bridgehead atoms. The Morgan fingerprint density at radius 3 is 2.95 bits per heavy atom. The van der Waals surface area contributed by atoms with Gasteiger partial charge in [0.2, 0.25) is 0 Å². The number of methoxy groups -OCH3 is 1. The summed E-state index contributed by atoms with van der Waals surface area (Å²) in [5.41, 5.74) is 0.316. The first-order chi connectivity index (χ1) is 9.11. The summed E-state index contributed by atoms with van der Waals surface area (Å²) in [5.74, 6) is -0.628. The molecule has 1 fully saturated rings. The van der Waals surface area contributed by atoms with E-state index in [1.165, 1.54) is 19.2 Å². The first-order valence-electron chi connectivity index (χ1n) is 6.49. The minimum atomic E-state index is -0.523. The molecule has 0 aromatic heterocycles. The van der Waals surface area contributed by atoms with E-state index in [1.807, 2.05) is 6.92 Å². The summed E-state index contributed by atoms with van der Waals surface area (Å²) in [5, 5.41) is 6.25. The fourth-order valence-corrected chi connectivity index (χ4v) is 2.30. The van der Waals surface area contributed by atoms with Crippen LogP contribution in [0.15, 0.2) is 18.2 Å². The highest BCUT2D eigenvalue weighted by Crippen LogP contribution is 2.18. The van der Waals surface area contributed by atoms with Crippen LogP contribution >= 0.6 is 0 Å². The van der Waals surface area contributed by atoms with Crippen LogP contribution in [0.2, 0.25) is 0 Å². The van der Waals surface area contributed by atoms with Crippen molar-refractivity contribution in [3.05, 3.63) is 29.6 Å². The molecule has 1 amide bonds. The first-order valence-corrected chi connectivity index (χ1v) is 6.49. The number of carbonyl (C=O) groups excluding carboxylic acids is 1. The molecular formula is C14H19FN2O2. The summed E-state index contributed by atoms with van der Waals surface area (Å²) >= 11 is 0. The van der Waals surface area contributed by atoms with E-state index in [1.54, 1.807) is 6.07 Å². The van der Waals surface area contributed by atoms with Crippen LogP contribution in [0.3, 0.4) is 0 Å². The lowest BCUT2D eigenvalue weighted by atomic mass is 9.99. The van der Waals surface area contributed by atoms with Gasteiger partial charge in [-0.3, -0.25) is 4.79 Å². The van der Waals surface area contributed by atoms with Crippen LogP contribution in [-0.4, -0.2) is 31.6 Å². The van der Waals surface area contributed by atoms with Gasteiger partial charge < -0.3 is 15.4 Å². The molecule has 1 heterocycles. The predicted molar refractivity (Wildman–Crippen MR) is 70.9 cm³/mol. The van der Waals surface area contributed by atoms with Gasteiger partial charge in [0.05, 0.1) is 7.11 Å². The molecule has 2 atom stereocenters. The highest BCUT2D eigenvalue weighted by molar-refractivity contribution is 5.94. The molecule has 0 radical (unpaired) electrons. The molecule has 2 rings (SSSR count). The summed E-state index contributed by atoms with van der Waals surface area (Å²) in [4.78, 5) is 12.1. The lowest BCUT2D eigenvalue weighted by molar-refractivity contribution is 0.0919. The van der Waals surface area contributed by atoms with Crippen LogP contribution in [0.5, 0.6) is 5.75 Å². The van der Waals surface area contributed by atoms with Crippen molar-refractivity contribution in [3.63, 3.8) is 0 Å². The summed E-state index contributed by atoms with van der Waals surface area (Å²) in [6.45, 7) is 3.02. The highest BCUT2D eigenvalue weighted by atomic mass is 19.1. The Hall–Kier alpha value is -1.62. The zero-order chi connectivity index (χ0) is 13.8. The van der Waals surface area contributed by atoms with Gasteiger partial charge in [-0.1, -0.05) is 0 Å². The lowest BCUT2D eigenvalue weighted by Crippen LogP contribution is -2.51. The average molecular weight is 266 g/mol. The molecule has 1 aliphatic rings. The maximum atomic E-state index is 13.5. The summed E-state index contributed by atoms with van der Waals surface area (Å²) in [6, 6.07) is 4.56. The van der Waals surface area contributed by atoms with E-state index in [0.717, 1.165) is 19.4 Å². The molecule has 1 aromatic rings. The van der Waals surface area contributed by atoms with E-state index < -0.39 is 5.82 Å². The topological polar surface area (TPSA) is 50.4 Å². The minimum absolute atomic E-state index is 0.0893. The van der Waals surface area contributed by atoms with Gasteiger partial charge in [0.15, 0.2) is 11.6 Å². The van der Waals surface area contributed by atoms with Crippen molar-refractivity contribution in [3.8, 4) is 5.75 Å². The summed E-state index contributed by atoms with van der Waals surface area (Å²) in [6.07, 6.45) is 1.98. The van der Waals surface area contributed by atoms with Crippen LogP contribution in [0, 0.1) is 5.82 Å². The van der Waals surface area contributed by atoms with E-state index in [4.69, 9.17) is 4.74 Å². The van der Waals surface area contributed by atoms with Crippen LogP contribution in [-0.2, 0) is 0 Å². The molecule has 1 saturated heterocycles. The highest BCUT2D eigenvalue weighted by Gasteiger charge is 2.23.